The molecule has 0 aliphatic heterocycles. The molecule has 148 valence electrons. The Morgan fingerprint density at radius 3 is 2.31 bits per heavy atom. The second kappa shape index (κ2) is 10.6. The quantitative estimate of drug-likeness (QED) is 0.427. The van der Waals surface area contributed by atoms with Gasteiger partial charge in [-0.15, -0.1) is 0 Å². The molecule has 0 aliphatic rings. The number of thiocarbonyl (C=S) groups is 1. The van der Waals surface area contributed by atoms with Crippen LogP contribution >= 0.6 is 35.4 Å². The molecule has 0 bridgehead atoms. The normalized spacial score (nSPS) is 12.3. The van der Waals surface area contributed by atoms with E-state index >= 15 is 0 Å². The first-order valence-electron chi connectivity index (χ1n) is 8.73. The molecule has 0 unspecified atom stereocenters. The number of halogens is 2. The third-order valence-electron chi connectivity index (χ3n) is 3.96. The highest BCUT2D eigenvalue weighted by molar-refractivity contribution is 7.93. The van der Waals surface area contributed by atoms with Gasteiger partial charge in [-0.05, 0) is 41.5 Å². The van der Waals surface area contributed by atoms with Crippen LogP contribution in [0.15, 0.2) is 85.1 Å². The summed E-state index contributed by atoms with van der Waals surface area (Å²) >= 11 is 17.5. The van der Waals surface area contributed by atoms with Gasteiger partial charge in [0.1, 0.15) is 0 Å². The third-order valence-corrected chi connectivity index (χ3v) is 6.18. The van der Waals surface area contributed by atoms with E-state index in [2.05, 4.69) is 10.6 Å². The number of hydrogen-bond acceptors (Lipinski definition) is 2. The molecular weight excluding hydrogens is 443 g/mol. The number of benzene rings is 3. The van der Waals surface area contributed by atoms with Crippen molar-refractivity contribution in [2.75, 3.05) is 5.32 Å². The maximum atomic E-state index is 13.1. The van der Waals surface area contributed by atoms with Crippen LogP contribution in [0.1, 0.15) is 11.1 Å². The zero-order valence-electron chi connectivity index (χ0n) is 15.3. The Balaban J connectivity index is 1.78. The SMILES string of the molecule is O=[S@@](Cc1ccccc1)/C(=C/NC(=S)Nc1cc(Cl)ccc1Cl)c1ccccc1. The van der Waals surface area contributed by atoms with Crippen molar-refractivity contribution in [1.82, 2.24) is 5.32 Å². The summed E-state index contributed by atoms with van der Waals surface area (Å²) in [5.41, 5.74) is 2.45. The zero-order valence-corrected chi connectivity index (χ0v) is 18.4. The summed E-state index contributed by atoms with van der Waals surface area (Å²) in [6.07, 6.45) is 1.67. The van der Waals surface area contributed by atoms with Crippen LogP contribution in [0.3, 0.4) is 0 Å². The topological polar surface area (TPSA) is 41.1 Å². The molecule has 1 atom stereocenters. The molecule has 0 amide bonds. The van der Waals surface area contributed by atoms with Crippen LogP contribution in [-0.4, -0.2) is 9.32 Å². The highest BCUT2D eigenvalue weighted by Crippen LogP contribution is 2.25. The van der Waals surface area contributed by atoms with Gasteiger partial charge in [0, 0.05) is 11.2 Å². The van der Waals surface area contributed by atoms with Gasteiger partial charge in [-0.3, -0.25) is 4.21 Å². The van der Waals surface area contributed by atoms with Gasteiger partial charge >= 0.3 is 0 Å². The minimum Gasteiger partial charge on any atom is -0.338 e. The first-order valence-corrected chi connectivity index (χ1v) is 11.2. The summed E-state index contributed by atoms with van der Waals surface area (Å²) in [5, 5.41) is 7.38. The Morgan fingerprint density at radius 2 is 1.62 bits per heavy atom. The van der Waals surface area contributed by atoms with Crippen LogP contribution in [0, 0.1) is 0 Å². The fourth-order valence-electron chi connectivity index (χ4n) is 2.57. The van der Waals surface area contributed by atoms with E-state index in [0.717, 1.165) is 11.1 Å². The highest BCUT2D eigenvalue weighted by atomic mass is 35.5. The summed E-state index contributed by atoms with van der Waals surface area (Å²) < 4.78 is 13.1. The first-order chi connectivity index (χ1) is 14.0. The minimum absolute atomic E-state index is 0.319. The summed E-state index contributed by atoms with van der Waals surface area (Å²) in [7, 11) is -1.27. The Labute approximate surface area is 188 Å². The summed E-state index contributed by atoms with van der Waals surface area (Å²) in [5.74, 6) is 0.406. The van der Waals surface area contributed by atoms with Crippen molar-refractivity contribution in [2.24, 2.45) is 0 Å². The number of rotatable bonds is 6. The average molecular weight is 461 g/mol. The van der Waals surface area contributed by atoms with E-state index in [1.165, 1.54) is 0 Å². The Bertz CT molecular complexity index is 1040. The predicted molar refractivity (Wildman–Crippen MR) is 129 cm³/mol. The van der Waals surface area contributed by atoms with Crippen LogP contribution in [-0.2, 0) is 16.6 Å². The summed E-state index contributed by atoms with van der Waals surface area (Å²) in [4.78, 5) is 0.649. The molecule has 0 aromatic heterocycles. The van der Waals surface area contributed by atoms with Crippen molar-refractivity contribution in [3.05, 3.63) is 106 Å². The number of hydrogen-bond donors (Lipinski definition) is 2. The van der Waals surface area contributed by atoms with E-state index in [0.29, 0.717) is 31.5 Å². The molecule has 0 saturated heterocycles. The molecule has 2 N–H and O–H groups in total. The second-order valence-corrected chi connectivity index (χ2v) is 8.74. The van der Waals surface area contributed by atoms with Gasteiger partial charge in [0.25, 0.3) is 0 Å². The lowest BCUT2D eigenvalue weighted by molar-refractivity contribution is 0.688. The number of nitrogens with one attached hydrogen (secondary N) is 2. The largest absolute Gasteiger partial charge is 0.338 e. The lowest BCUT2D eigenvalue weighted by atomic mass is 10.2. The molecule has 7 heteroatoms. The standard InChI is InChI=1S/C22H18Cl2N2OS2/c23-18-11-12-19(24)20(13-18)26-22(28)25-14-21(17-9-5-2-6-10-17)29(27)15-16-7-3-1-4-8-16/h1-14H,15H2,(H2,25,26,28)/b21-14+/t29-/m0/s1. The zero-order chi connectivity index (χ0) is 20.6. The molecular formula is C22H18Cl2N2OS2. The van der Waals surface area contributed by atoms with Crippen molar-refractivity contribution < 1.29 is 4.21 Å². The predicted octanol–water partition coefficient (Wildman–Crippen LogP) is 6.23. The van der Waals surface area contributed by atoms with E-state index in [4.69, 9.17) is 35.4 Å². The molecule has 0 saturated carbocycles. The van der Waals surface area contributed by atoms with E-state index in [-0.39, 0.29) is 0 Å². The van der Waals surface area contributed by atoms with Crippen LogP contribution in [0.2, 0.25) is 10.0 Å². The third kappa shape index (κ3) is 6.41. The van der Waals surface area contributed by atoms with E-state index in [9.17, 15) is 4.21 Å². The molecule has 0 spiro atoms. The van der Waals surface area contributed by atoms with Crippen LogP contribution in [0.4, 0.5) is 5.69 Å². The van der Waals surface area contributed by atoms with Crippen molar-refractivity contribution in [3.63, 3.8) is 0 Å². The van der Waals surface area contributed by atoms with Gasteiger partial charge in [-0.2, -0.15) is 0 Å². The summed E-state index contributed by atoms with van der Waals surface area (Å²) in [6, 6.07) is 24.4. The van der Waals surface area contributed by atoms with E-state index in [1.807, 2.05) is 60.7 Å². The van der Waals surface area contributed by atoms with Crippen molar-refractivity contribution in [3.8, 4) is 0 Å². The maximum Gasteiger partial charge on any atom is 0.174 e. The smallest absolute Gasteiger partial charge is 0.174 e. The fourth-order valence-corrected chi connectivity index (χ4v) is 4.31. The van der Waals surface area contributed by atoms with Crippen molar-refractivity contribution >= 4 is 61.9 Å². The molecule has 3 nitrogen and oxygen atoms in total. The lowest BCUT2D eigenvalue weighted by Crippen LogP contribution is -2.24. The van der Waals surface area contributed by atoms with Crippen molar-refractivity contribution in [2.45, 2.75) is 5.75 Å². The Kier molecular flexibility index (Phi) is 7.83. The van der Waals surface area contributed by atoms with Gasteiger partial charge in [0.2, 0.25) is 0 Å². The molecule has 29 heavy (non-hydrogen) atoms. The molecule has 3 rings (SSSR count). The molecule has 3 aromatic rings. The molecule has 0 fully saturated rings. The molecule has 0 heterocycles. The first kappa shape index (κ1) is 21.5. The number of anilines is 1. The van der Waals surface area contributed by atoms with Crippen LogP contribution < -0.4 is 10.6 Å². The fraction of sp³-hybridized carbons (Fsp3) is 0.0455. The van der Waals surface area contributed by atoms with Crippen LogP contribution in [0.5, 0.6) is 0 Å². The van der Waals surface area contributed by atoms with E-state index < -0.39 is 10.8 Å². The van der Waals surface area contributed by atoms with Gasteiger partial charge in [-0.25, -0.2) is 0 Å². The highest BCUT2D eigenvalue weighted by Gasteiger charge is 2.12. The van der Waals surface area contributed by atoms with E-state index in [1.54, 1.807) is 24.4 Å². The molecule has 0 aliphatic carbocycles. The van der Waals surface area contributed by atoms with Gasteiger partial charge in [0.15, 0.2) is 5.11 Å². The molecule has 3 aromatic carbocycles. The van der Waals surface area contributed by atoms with Gasteiger partial charge in [-0.1, -0.05) is 83.9 Å². The van der Waals surface area contributed by atoms with Crippen molar-refractivity contribution in [1.29, 1.82) is 0 Å². The Hall–Kier alpha value is -2.18. The average Bonchev–Trinajstić information content (AvgIpc) is 2.72. The molecule has 0 radical (unpaired) electrons. The lowest BCUT2D eigenvalue weighted by Gasteiger charge is -2.12. The Morgan fingerprint density at radius 1 is 0.966 bits per heavy atom. The van der Waals surface area contributed by atoms with Crippen LogP contribution in [0.25, 0.3) is 4.91 Å². The monoisotopic (exact) mass is 460 g/mol. The van der Waals surface area contributed by atoms with Gasteiger partial charge < -0.3 is 10.6 Å². The summed E-state index contributed by atoms with van der Waals surface area (Å²) in [6.45, 7) is 0. The maximum absolute atomic E-state index is 13.1. The van der Waals surface area contributed by atoms with Gasteiger partial charge in [0.05, 0.1) is 32.2 Å². The minimum atomic E-state index is -1.27. The second-order valence-electron chi connectivity index (χ2n) is 6.07.